The molecule has 5 heteroatoms. The summed E-state index contributed by atoms with van der Waals surface area (Å²) < 4.78 is 10.3. The first-order chi connectivity index (χ1) is 8.72. The molecule has 1 aromatic carbocycles. The zero-order valence-electron chi connectivity index (χ0n) is 10.6. The van der Waals surface area contributed by atoms with Crippen molar-refractivity contribution in [2.75, 3.05) is 30.5 Å². The van der Waals surface area contributed by atoms with E-state index in [9.17, 15) is 4.79 Å². The second-order valence-corrected chi connectivity index (χ2v) is 5.02. The topological polar surface area (TPSA) is 61.5 Å². The summed E-state index contributed by atoms with van der Waals surface area (Å²) in [4.78, 5) is 11.3. The van der Waals surface area contributed by atoms with Crippen molar-refractivity contribution in [1.82, 2.24) is 0 Å². The van der Waals surface area contributed by atoms with Crippen LogP contribution in [0.1, 0.15) is 13.3 Å². The van der Waals surface area contributed by atoms with Gasteiger partial charge in [-0.3, -0.25) is 0 Å². The van der Waals surface area contributed by atoms with E-state index < -0.39 is 0 Å². The number of hydrogen-bond donors (Lipinski definition) is 1. The van der Waals surface area contributed by atoms with Crippen molar-refractivity contribution in [2.45, 2.75) is 13.3 Å². The molecule has 2 N–H and O–H groups in total. The van der Waals surface area contributed by atoms with E-state index in [1.807, 2.05) is 11.8 Å². The number of carbonyl (C=O) groups is 1. The van der Waals surface area contributed by atoms with Gasteiger partial charge in [0, 0.05) is 5.69 Å². The summed E-state index contributed by atoms with van der Waals surface area (Å²) in [5.41, 5.74) is 6.20. The number of benzene rings is 1. The standard InChI is InChI=1S/C13H19NO3S/c1-2-18-9-3-8-16-13(15)10-17-12-6-4-11(14)5-7-12/h4-7H,2-3,8-10,14H2,1H3. The van der Waals surface area contributed by atoms with Gasteiger partial charge in [0.1, 0.15) is 5.75 Å². The third kappa shape index (κ3) is 6.39. The highest BCUT2D eigenvalue weighted by molar-refractivity contribution is 7.99. The number of anilines is 1. The Bertz CT molecular complexity index is 354. The first kappa shape index (κ1) is 14.7. The molecule has 1 aromatic rings. The van der Waals surface area contributed by atoms with Crippen molar-refractivity contribution in [3.05, 3.63) is 24.3 Å². The molecule has 0 saturated carbocycles. The first-order valence-corrected chi connectivity index (χ1v) is 7.09. The van der Waals surface area contributed by atoms with Crippen LogP contribution in [0.2, 0.25) is 0 Å². The Balaban J connectivity index is 2.11. The monoisotopic (exact) mass is 269 g/mol. The van der Waals surface area contributed by atoms with Crippen molar-refractivity contribution in [3.8, 4) is 5.75 Å². The molecule has 0 heterocycles. The van der Waals surface area contributed by atoms with Gasteiger partial charge in [0.15, 0.2) is 6.61 Å². The molecule has 0 spiro atoms. The van der Waals surface area contributed by atoms with Gasteiger partial charge in [0.25, 0.3) is 0 Å². The Morgan fingerprint density at radius 3 is 2.72 bits per heavy atom. The fraction of sp³-hybridized carbons (Fsp3) is 0.462. The third-order valence-corrected chi connectivity index (χ3v) is 3.12. The van der Waals surface area contributed by atoms with E-state index in [4.69, 9.17) is 15.2 Å². The number of ether oxygens (including phenoxy) is 2. The molecule has 0 aliphatic rings. The van der Waals surface area contributed by atoms with Crippen LogP contribution in [0.25, 0.3) is 0 Å². The fourth-order valence-corrected chi connectivity index (χ4v) is 1.85. The molecule has 1 rings (SSSR count). The summed E-state index contributed by atoms with van der Waals surface area (Å²) in [5.74, 6) is 2.38. The van der Waals surface area contributed by atoms with Crippen LogP contribution in [0, 0.1) is 0 Å². The Morgan fingerprint density at radius 2 is 2.06 bits per heavy atom. The lowest BCUT2D eigenvalue weighted by Gasteiger charge is -2.07. The summed E-state index contributed by atoms with van der Waals surface area (Å²) in [6.45, 7) is 2.50. The van der Waals surface area contributed by atoms with Crippen molar-refractivity contribution in [1.29, 1.82) is 0 Å². The van der Waals surface area contributed by atoms with Crippen molar-refractivity contribution in [2.24, 2.45) is 0 Å². The van der Waals surface area contributed by atoms with Crippen LogP contribution in [0.5, 0.6) is 5.75 Å². The number of hydrogen-bond acceptors (Lipinski definition) is 5. The second-order valence-electron chi connectivity index (χ2n) is 3.63. The van der Waals surface area contributed by atoms with Gasteiger partial charge < -0.3 is 15.2 Å². The number of carbonyl (C=O) groups excluding carboxylic acids is 1. The maximum absolute atomic E-state index is 11.3. The summed E-state index contributed by atoms with van der Waals surface area (Å²) in [7, 11) is 0. The maximum atomic E-state index is 11.3. The van der Waals surface area contributed by atoms with E-state index in [2.05, 4.69) is 6.92 Å². The van der Waals surface area contributed by atoms with Gasteiger partial charge in [-0.1, -0.05) is 6.92 Å². The van der Waals surface area contributed by atoms with Gasteiger partial charge in [-0.15, -0.1) is 0 Å². The van der Waals surface area contributed by atoms with E-state index >= 15 is 0 Å². The normalized spacial score (nSPS) is 10.1. The Labute approximate surface area is 112 Å². The van der Waals surface area contributed by atoms with E-state index in [0.717, 1.165) is 17.9 Å². The lowest BCUT2D eigenvalue weighted by atomic mass is 10.3. The first-order valence-electron chi connectivity index (χ1n) is 5.94. The highest BCUT2D eigenvalue weighted by Crippen LogP contribution is 2.12. The van der Waals surface area contributed by atoms with E-state index in [-0.39, 0.29) is 12.6 Å². The summed E-state index contributed by atoms with van der Waals surface area (Å²) in [6, 6.07) is 6.90. The molecule has 4 nitrogen and oxygen atoms in total. The van der Waals surface area contributed by atoms with Crippen molar-refractivity contribution < 1.29 is 14.3 Å². The zero-order valence-corrected chi connectivity index (χ0v) is 11.4. The van der Waals surface area contributed by atoms with Gasteiger partial charge in [-0.25, -0.2) is 4.79 Å². The fourth-order valence-electron chi connectivity index (χ4n) is 1.24. The average molecular weight is 269 g/mol. The lowest BCUT2D eigenvalue weighted by Crippen LogP contribution is -2.15. The predicted molar refractivity (Wildman–Crippen MR) is 74.9 cm³/mol. The van der Waals surface area contributed by atoms with Crippen LogP contribution in [-0.4, -0.2) is 30.7 Å². The van der Waals surface area contributed by atoms with Crippen molar-refractivity contribution >= 4 is 23.4 Å². The van der Waals surface area contributed by atoms with Gasteiger partial charge in [-0.05, 0) is 42.2 Å². The largest absolute Gasteiger partial charge is 0.482 e. The number of thioether (sulfide) groups is 1. The van der Waals surface area contributed by atoms with Gasteiger partial charge >= 0.3 is 5.97 Å². The Morgan fingerprint density at radius 1 is 1.33 bits per heavy atom. The molecule has 0 amide bonds. The van der Waals surface area contributed by atoms with Crippen LogP contribution < -0.4 is 10.5 Å². The van der Waals surface area contributed by atoms with Gasteiger partial charge in [0.05, 0.1) is 6.61 Å². The molecule has 0 aliphatic carbocycles. The lowest BCUT2D eigenvalue weighted by molar-refractivity contribution is -0.145. The third-order valence-electron chi connectivity index (χ3n) is 2.14. The Kier molecular flexibility index (Phi) is 7.10. The minimum atomic E-state index is -0.340. The molecular formula is C13H19NO3S. The summed E-state index contributed by atoms with van der Waals surface area (Å²) in [6.07, 6.45) is 0.881. The minimum Gasteiger partial charge on any atom is -0.482 e. The molecule has 0 atom stereocenters. The number of rotatable bonds is 8. The smallest absolute Gasteiger partial charge is 0.344 e. The highest BCUT2D eigenvalue weighted by atomic mass is 32.2. The number of nitrogens with two attached hydrogens (primary N) is 1. The molecule has 0 fully saturated rings. The van der Waals surface area contributed by atoms with Crippen LogP contribution in [0.4, 0.5) is 5.69 Å². The van der Waals surface area contributed by atoms with Crippen LogP contribution in [0.15, 0.2) is 24.3 Å². The van der Waals surface area contributed by atoms with E-state index in [0.29, 0.717) is 18.0 Å². The molecule has 100 valence electrons. The molecule has 0 aromatic heterocycles. The molecular weight excluding hydrogens is 250 g/mol. The maximum Gasteiger partial charge on any atom is 0.344 e. The average Bonchev–Trinajstić information content (AvgIpc) is 2.38. The van der Waals surface area contributed by atoms with Crippen LogP contribution >= 0.6 is 11.8 Å². The predicted octanol–water partition coefficient (Wildman–Crippen LogP) is 2.33. The molecule has 0 unspecified atom stereocenters. The summed E-state index contributed by atoms with van der Waals surface area (Å²) >= 11 is 1.84. The highest BCUT2D eigenvalue weighted by Gasteiger charge is 2.03. The second kappa shape index (κ2) is 8.69. The molecule has 18 heavy (non-hydrogen) atoms. The SMILES string of the molecule is CCSCCCOC(=O)COc1ccc(N)cc1. The molecule has 0 aliphatic heterocycles. The Hall–Kier alpha value is -1.36. The van der Waals surface area contributed by atoms with Gasteiger partial charge in [-0.2, -0.15) is 11.8 Å². The molecule has 0 radical (unpaired) electrons. The minimum absolute atomic E-state index is 0.0646. The van der Waals surface area contributed by atoms with E-state index in [1.165, 1.54) is 0 Å². The zero-order chi connectivity index (χ0) is 13.2. The number of nitrogen functional groups attached to an aromatic ring is 1. The quantitative estimate of drug-likeness (QED) is 0.446. The molecule has 0 saturated heterocycles. The van der Waals surface area contributed by atoms with E-state index in [1.54, 1.807) is 24.3 Å². The molecule has 0 bridgehead atoms. The van der Waals surface area contributed by atoms with Crippen molar-refractivity contribution in [3.63, 3.8) is 0 Å². The van der Waals surface area contributed by atoms with Gasteiger partial charge in [0.2, 0.25) is 0 Å². The van der Waals surface area contributed by atoms with Crippen LogP contribution in [0.3, 0.4) is 0 Å². The summed E-state index contributed by atoms with van der Waals surface area (Å²) in [5, 5.41) is 0. The number of esters is 1. The van der Waals surface area contributed by atoms with Crippen LogP contribution in [-0.2, 0) is 9.53 Å².